The number of pyridine rings is 2. The smallest absolute Gasteiger partial charge is 0.165 e. The highest BCUT2D eigenvalue weighted by atomic mass is 35.5. The lowest BCUT2D eigenvalue weighted by Crippen LogP contribution is -2.35. The van der Waals surface area contributed by atoms with Gasteiger partial charge in [0.25, 0.3) is 0 Å². The fourth-order valence-electron chi connectivity index (χ4n) is 5.15. The Bertz CT molecular complexity index is 1430. The number of nitrogen functional groups attached to an aromatic ring is 2. The number of nitrogens with two attached hydrogens (primary N) is 2. The minimum absolute atomic E-state index is 0.122. The van der Waals surface area contributed by atoms with Gasteiger partial charge in [-0.2, -0.15) is 0 Å². The molecular weight excluding hydrogens is 464 g/mol. The first-order valence-corrected chi connectivity index (χ1v) is 11.3. The maximum atomic E-state index is 14.7. The Kier molecular flexibility index (Phi) is 5.38. The summed E-state index contributed by atoms with van der Waals surface area (Å²) < 4.78 is 30.9. The van der Waals surface area contributed by atoms with Gasteiger partial charge in [0.15, 0.2) is 5.82 Å². The Hall–Kier alpha value is -3.01. The third-order valence-corrected chi connectivity index (χ3v) is 7.41. The van der Waals surface area contributed by atoms with Crippen LogP contribution in [-0.2, 0) is 6.42 Å². The van der Waals surface area contributed by atoms with Crippen LogP contribution in [0.3, 0.4) is 0 Å². The Labute approximate surface area is 199 Å². The normalized spacial score (nSPS) is 24.9. The molecule has 0 radical (unpaired) electrons. The van der Waals surface area contributed by atoms with E-state index in [9.17, 15) is 19.0 Å². The second-order valence-electron chi connectivity index (χ2n) is 9.34. The summed E-state index contributed by atoms with van der Waals surface area (Å²) in [6.45, 7) is 1.87. The van der Waals surface area contributed by atoms with Crippen LogP contribution in [0.5, 0.6) is 0 Å². The van der Waals surface area contributed by atoms with Crippen LogP contribution >= 0.6 is 11.6 Å². The van der Waals surface area contributed by atoms with Crippen LogP contribution in [0.25, 0.3) is 21.8 Å². The molecule has 1 aromatic carbocycles. The summed E-state index contributed by atoms with van der Waals surface area (Å²) >= 11 is 5.96. The number of aromatic nitrogens is 3. The molecule has 1 saturated carbocycles. The zero-order valence-electron chi connectivity index (χ0n) is 18.3. The van der Waals surface area contributed by atoms with E-state index in [0.29, 0.717) is 35.7 Å². The van der Waals surface area contributed by atoms with Crippen LogP contribution in [0, 0.1) is 17.0 Å². The predicted molar refractivity (Wildman–Crippen MR) is 127 cm³/mol. The lowest BCUT2D eigenvalue weighted by molar-refractivity contribution is -0.0241. The van der Waals surface area contributed by atoms with E-state index in [-0.39, 0.29) is 27.6 Å². The molecule has 6 N–H and O–H groups in total. The van der Waals surface area contributed by atoms with E-state index in [4.69, 9.17) is 23.1 Å². The Balaban J connectivity index is 1.42. The number of benzene rings is 1. The lowest BCUT2D eigenvalue weighted by atomic mass is 9.80. The van der Waals surface area contributed by atoms with E-state index < -0.39 is 35.3 Å². The molecule has 0 unspecified atom stereocenters. The molecule has 0 bridgehead atoms. The van der Waals surface area contributed by atoms with Crippen molar-refractivity contribution >= 4 is 45.0 Å². The molecule has 3 aromatic heterocycles. The molecule has 4 aromatic rings. The number of rotatable bonds is 4. The summed E-state index contributed by atoms with van der Waals surface area (Å²) in [5, 5.41) is 22.7. The average Bonchev–Trinajstić information content (AvgIpc) is 3.33. The number of aryl methyl sites for hydroxylation is 1. The van der Waals surface area contributed by atoms with Crippen molar-refractivity contribution in [3.63, 3.8) is 0 Å². The van der Waals surface area contributed by atoms with Gasteiger partial charge in [0.2, 0.25) is 0 Å². The quantitative estimate of drug-likeness (QED) is 0.345. The Morgan fingerprint density at radius 2 is 1.91 bits per heavy atom. The zero-order valence-corrected chi connectivity index (χ0v) is 19.1. The fraction of sp³-hybridized carbons (Fsp3) is 0.333. The number of aliphatic hydroxyl groups is 2. The third kappa shape index (κ3) is 3.55. The van der Waals surface area contributed by atoms with Gasteiger partial charge in [0.05, 0.1) is 34.4 Å². The van der Waals surface area contributed by atoms with Crippen molar-refractivity contribution in [2.45, 2.75) is 44.4 Å². The van der Waals surface area contributed by atoms with Gasteiger partial charge in [0.1, 0.15) is 23.6 Å². The van der Waals surface area contributed by atoms with Gasteiger partial charge in [-0.1, -0.05) is 18.5 Å². The van der Waals surface area contributed by atoms with Gasteiger partial charge < -0.3 is 26.2 Å². The van der Waals surface area contributed by atoms with Crippen LogP contribution in [0.2, 0.25) is 5.02 Å². The standard InChI is InChI=1S/C24H24ClF2N5O2/c1-24(4-2-11-6-15(26)13-8-14(25)23(29)31-17(13)7-11)9-18(20(33)21(24)34)32-5-3-12-19(32)16(27)10-30-22(12)28/h3,5-8,10,18,20-21,33-34H,2,4,9H2,1H3,(H2,28,30)(H2,29,31)/t18-,20+,21+,24+/m1/s1. The molecule has 1 aliphatic carbocycles. The van der Waals surface area contributed by atoms with Gasteiger partial charge in [-0.15, -0.1) is 0 Å². The lowest BCUT2D eigenvalue weighted by Gasteiger charge is -2.28. The maximum Gasteiger partial charge on any atom is 0.165 e. The summed E-state index contributed by atoms with van der Waals surface area (Å²) in [5.74, 6) is -0.697. The van der Waals surface area contributed by atoms with Crippen LogP contribution in [-0.4, -0.2) is 37.0 Å². The van der Waals surface area contributed by atoms with Crippen molar-refractivity contribution in [2.75, 3.05) is 11.5 Å². The van der Waals surface area contributed by atoms with Crippen molar-refractivity contribution in [3.05, 3.63) is 58.9 Å². The van der Waals surface area contributed by atoms with Gasteiger partial charge in [-0.05, 0) is 54.5 Å². The molecule has 1 aliphatic rings. The highest BCUT2D eigenvalue weighted by molar-refractivity contribution is 6.33. The Morgan fingerprint density at radius 3 is 2.68 bits per heavy atom. The number of aliphatic hydroxyl groups excluding tert-OH is 2. The number of anilines is 2. The first-order valence-electron chi connectivity index (χ1n) is 10.9. The van der Waals surface area contributed by atoms with Crippen molar-refractivity contribution in [3.8, 4) is 0 Å². The molecule has 7 nitrogen and oxygen atoms in total. The zero-order chi connectivity index (χ0) is 24.4. The van der Waals surface area contributed by atoms with Crippen LogP contribution in [0.1, 0.15) is 31.4 Å². The van der Waals surface area contributed by atoms with Gasteiger partial charge in [-0.3, -0.25) is 0 Å². The molecule has 1 fully saturated rings. The summed E-state index contributed by atoms with van der Waals surface area (Å²) in [6, 6.07) is 5.70. The topological polar surface area (TPSA) is 123 Å². The summed E-state index contributed by atoms with van der Waals surface area (Å²) in [6.07, 6.45) is 1.80. The van der Waals surface area contributed by atoms with Crippen molar-refractivity contribution in [1.29, 1.82) is 0 Å². The monoisotopic (exact) mass is 487 g/mol. The molecule has 3 heterocycles. The summed E-state index contributed by atoms with van der Waals surface area (Å²) in [5.41, 5.74) is 12.3. The highest BCUT2D eigenvalue weighted by Crippen LogP contribution is 2.48. The second kappa shape index (κ2) is 8.04. The first kappa shape index (κ1) is 22.8. The first-order chi connectivity index (χ1) is 16.1. The van der Waals surface area contributed by atoms with Crippen LogP contribution in [0.15, 0.2) is 36.7 Å². The molecule has 0 saturated heterocycles. The minimum atomic E-state index is -1.12. The molecule has 5 rings (SSSR count). The van der Waals surface area contributed by atoms with E-state index in [2.05, 4.69) is 9.97 Å². The van der Waals surface area contributed by atoms with Crippen molar-refractivity contribution < 1.29 is 19.0 Å². The summed E-state index contributed by atoms with van der Waals surface area (Å²) in [4.78, 5) is 8.01. The van der Waals surface area contributed by atoms with Crippen LogP contribution < -0.4 is 11.5 Å². The molecule has 10 heteroatoms. The molecule has 178 valence electrons. The number of hydrogen-bond donors (Lipinski definition) is 4. The summed E-state index contributed by atoms with van der Waals surface area (Å²) in [7, 11) is 0. The average molecular weight is 488 g/mol. The van der Waals surface area contributed by atoms with Crippen molar-refractivity contribution in [1.82, 2.24) is 14.5 Å². The second-order valence-corrected chi connectivity index (χ2v) is 9.74. The fourth-order valence-corrected chi connectivity index (χ4v) is 5.30. The number of hydrogen-bond acceptors (Lipinski definition) is 6. The van der Waals surface area contributed by atoms with E-state index in [0.717, 1.165) is 6.20 Å². The maximum absolute atomic E-state index is 14.7. The molecule has 34 heavy (non-hydrogen) atoms. The van der Waals surface area contributed by atoms with E-state index in [1.807, 2.05) is 6.92 Å². The van der Waals surface area contributed by atoms with E-state index >= 15 is 0 Å². The number of halogens is 3. The highest BCUT2D eigenvalue weighted by Gasteiger charge is 2.50. The molecule has 0 aliphatic heterocycles. The molecule has 0 spiro atoms. The molecular formula is C24H24ClF2N5O2. The van der Waals surface area contributed by atoms with E-state index in [1.54, 1.807) is 22.9 Å². The predicted octanol–water partition coefficient (Wildman–Crippen LogP) is 3.99. The number of nitrogens with zero attached hydrogens (tertiary/aromatic N) is 3. The molecule has 4 atom stereocenters. The van der Waals surface area contributed by atoms with Crippen molar-refractivity contribution in [2.24, 2.45) is 5.41 Å². The van der Waals surface area contributed by atoms with Gasteiger partial charge >= 0.3 is 0 Å². The third-order valence-electron chi connectivity index (χ3n) is 7.11. The van der Waals surface area contributed by atoms with Gasteiger partial charge in [-0.25, -0.2) is 18.7 Å². The number of fused-ring (bicyclic) bond motifs is 2. The van der Waals surface area contributed by atoms with Crippen LogP contribution in [0.4, 0.5) is 20.4 Å². The Morgan fingerprint density at radius 1 is 1.15 bits per heavy atom. The molecule has 0 amide bonds. The van der Waals surface area contributed by atoms with Gasteiger partial charge in [0, 0.05) is 17.0 Å². The SMILES string of the molecule is C[C@]1(CCc2cc(F)c3cc(Cl)c(N)nc3c2)C[C@@H](n2ccc3c(N)ncc(F)c32)[C@H](O)[C@@H]1O. The largest absolute Gasteiger partial charge is 0.390 e. The van der Waals surface area contributed by atoms with E-state index in [1.165, 1.54) is 12.1 Å². The minimum Gasteiger partial charge on any atom is -0.390 e.